The van der Waals surface area contributed by atoms with Gasteiger partial charge in [0.15, 0.2) is 11.6 Å². The summed E-state index contributed by atoms with van der Waals surface area (Å²) in [5.41, 5.74) is 1.20. The number of hydrogen-bond acceptors (Lipinski definition) is 5. The average Bonchev–Trinajstić information content (AvgIpc) is 3.15. The lowest BCUT2D eigenvalue weighted by atomic mass is 10.2. The van der Waals surface area contributed by atoms with E-state index < -0.39 is 10.7 Å². The van der Waals surface area contributed by atoms with Gasteiger partial charge in [0.1, 0.15) is 0 Å². The van der Waals surface area contributed by atoms with Crippen LogP contribution in [0.15, 0.2) is 65.3 Å². The number of carbonyl (C=O) groups excluding carboxylic acids is 1. The molecule has 2 N–H and O–H groups in total. The number of amides is 1. The molecule has 1 amide bonds. The lowest BCUT2D eigenvalue weighted by molar-refractivity contribution is -0.385. The van der Waals surface area contributed by atoms with Crippen LogP contribution < -0.4 is 10.6 Å². The van der Waals surface area contributed by atoms with Crippen LogP contribution in [0.3, 0.4) is 0 Å². The van der Waals surface area contributed by atoms with Crippen molar-refractivity contribution >= 4 is 23.0 Å². The van der Waals surface area contributed by atoms with Gasteiger partial charge in [-0.15, -0.1) is 0 Å². The number of rotatable bonds is 6. The molecule has 0 radical (unpaired) electrons. The molecule has 0 atom stereocenters. The van der Waals surface area contributed by atoms with Crippen molar-refractivity contribution in [3.63, 3.8) is 0 Å². The molecule has 0 spiro atoms. The van der Waals surface area contributed by atoms with Gasteiger partial charge in [0.25, 0.3) is 11.6 Å². The maximum Gasteiger partial charge on any atom is 0.291 e. The van der Waals surface area contributed by atoms with Crippen molar-refractivity contribution in [2.24, 2.45) is 0 Å². The Kier molecular flexibility index (Phi) is 4.93. The van der Waals surface area contributed by atoms with Crippen LogP contribution in [-0.2, 0) is 6.54 Å². The van der Waals surface area contributed by atoms with Crippen molar-refractivity contribution in [3.05, 3.63) is 88.1 Å². The fourth-order valence-corrected chi connectivity index (χ4v) is 2.32. The van der Waals surface area contributed by atoms with Gasteiger partial charge in [0.05, 0.1) is 22.9 Å². The number of benzene rings is 2. The number of nitrogens with zero attached hydrogens (tertiary/aromatic N) is 1. The predicted octanol–water partition coefficient (Wildman–Crippen LogP) is 4.19. The normalized spacial score (nSPS) is 10.3. The van der Waals surface area contributed by atoms with Crippen LogP contribution in [0.4, 0.5) is 21.5 Å². The monoisotopic (exact) mass is 355 g/mol. The molecule has 1 aromatic heterocycles. The average molecular weight is 355 g/mol. The van der Waals surface area contributed by atoms with E-state index in [1.165, 1.54) is 18.4 Å². The number of nitro benzene ring substituents is 1. The van der Waals surface area contributed by atoms with E-state index in [1.807, 2.05) is 0 Å². The third kappa shape index (κ3) is 4.04. The minimum Gasteiger partial charge on any atom is -0.459 e. The van der Waals surface area contributed by atoms with Crippen LogP contribution in [0.2, 0.25) is 0 Å². The number of furan rings is 1. The van der Waals surface area contributed by atoms with Gasteiger partial charge in [-0.2, -0.15) is 0 Å². The van der Waals surface area contributed by atoms with E-state index in [1.54, 1.807) is 36.4 Å². The van der Waals surface area contributed by atoms with Gasteiger partial charge in [-0.05, 0) is 35.9 Å². The molecule has 7 nitrogen and oxygen atoms in total. The fourth-order valence-electron chi connectivity index (χ4n) is 2.32. The molecule has 26 heavy (non-hydrogen) atoms. The Balaban J connectivity index is 1.66. The Morgan fingerprint density at radius 1 is 1.15 bits per heavy atom. The zero-order valence-corrected chi connectivity index (χ0v) is 13.4. The van der Waals surface area contributed by atoms with Crippen molar-refractivity contribution in [2.75, 3.05) is 10.6 Å². The molecule has 0 bridgehead atoms. The summed E-state index contributed by atoms with van der Waals surface area (Å²) in [6.07, 6.45) is 1.41. The molecular formula is C18H14FN3O4. The first-order chi connectivity index (χ1) is 12.5. The van der Waals surface area contributed by atoms with Gasteiger partial charge in [-0.1, -0.05) is 12.1 Å². The third-order valence-corrected chi connectivity index (χ3v) is 3.58. The Labute approximate surface area is 147 Å². The molecule has 0 aliphatic carbocycles. The van der Waals surface area contributed by atoms with Crippen LogP contribution in [0.5, 0.6) is 0 Å². The van der Waals surface area contributed by atoms with Gasteiger partial charge >= 0.3 is 0 Å². The number of hydrogen-bond donors (Lipinski definition) is 2. The number of nitrogens with one attached hydrogen (secondary N) is 2. The van der Waals surface area contributed by atoms with E-state index in [2.05, 4.69) is 10.6 Å². The first kappa shape index (κ1) is 17.2. The number of carbonyl (C=O) groups is 1. The van der Waals surface area contributed by atoms with E-state index in [9.17, 15) is 19.3 Å². The van der Waals surface area contributed by atoms with Crippen LogP contribution in [-0.4, -0.2) is 10.8 Å². The highest BCUT2D eigenvalue weighted by molar-refractivity contribution is 6.02. The lowest BCUT2D eigenvalue weighted by Crippen LogP contribution is -2.11. The summed E-state index contributed by atoms with van der Waals surface area (Å²) in [5.74, 6) is -0.885. The zero-order valence-electron chi connectivity index (χ0n) is 13.4. The summed E-state index contributed by atoms with van der Waals surface area (Å²) in [5, 5.41) is 16.2. The second kappa shape index (κ2) is 7.47. The van der Waals surface area contributed by atoms with Gasteiger partial charge in [-0.3, -0.25) is 14.9 Å². The molecule has 8 heteroatoms. The van der Waals surface area contributed by atoms with E-state index in [0.717, 1.165) is 11.6 Å². The summed E-state index contributed by atoms with van der Waals surface area (Å²) in [6.45, 7) is 0.277. The third-order valence-electron chi connectivity index (χ3n) is 3.58. The Hall–Kier alpha value is -3.68. The van der Waals surface area contributed by atoms with E-state index in [-0.39, 0.29) is 29.6 Å². The second-order valence-electron chi connectivity index (χ2n) is 5.41. The molecule has 0 fully saturated rings. The molecule has 0 unspecified atom stereocenters. The maximum absolute atomic E-state index is 13.9. The molecule has 3 aromatic rings. The highest BCUT2D eigenvalue weighted by Gasteiger charge is 2.11. The Morgan fingerprint density at radius 3 is 2.69 bits per heavy atom. The first-order valence-electron chi connectivity index (χ1n) is 7.64. The summed E-state index contributed by atoms with van der Waals surface area (Å²) >= 11 is 0. The highest BCUT2D eigenvalue weighted by atomic mass is 19.1. The minimum atomic E-state index is -0.707. The Morgan fingerprint density at radius 2 is 2.00 bits per heavy atom. The number of non-ortho nitro benzene ring substituents is 1. The van der Waals surface area contributed by atoms with Crippen molar-refractivity contribution in [1.82, 2.24) is 0 Å². The number of nitro groups is 1. The summed E-state index contributed by atoms with van der Waals surface area (Å²) in [7, 11) is 0. The van der Waals surface area contributed by atoms with Crippen LogP contribution in [0.25, 0.3) is 0 Å². The topological polar surface area (TPSA) is 97.4 Å². The van der Waals surface area contributed by atoms with Crippen LogP contribution in [0.1, 0.15) is 16.1 Å². The molecular weight excluding hydrogens is 341 g/mol. The smallest absolute Gasteiger partial charge is 0.291 e. The highest BCUT2D eigenvalue weighted by Crippen LogP contribution is 2.21. The number of anilines is 2. The minimum absolute atomic E-state index is 0.153. The SMILES string of the molecule is O=C(Nc1cccc(CNc2ccc([N+](=O)[O-])cc2F)c1)c1ccco1. The predicted molar refractivity (Wildman–Crippen MR) is 93.5 cm³/mol. The van der Waals surface area contributed by atoms with Crippen molar-refractivity contribution in [1.29, 1.82) is 0 Å². The molecule has 1 heterocycles. The van der Waals surface area contributed by atoms with Gasteiger partial charge in [0.2, 0.25) is 0 Å². The van der Waals surface area contributed by atoms with E-state index in [4.69, 9.17) is 4.42 Å². The quantitative estimate of drug-likeness (QED) is 0.510. The van der Waals surface area contributed by atoms with Crippen LogP contribution >= 0.6 is 0 Å². The second-order valence-corrected chi connectivity index (χ2v) is 5.41. The molecule has 0 saturated heterocycles. The van der Waals surface area contributed by atoms with Gasteiger partial charge in [0, 0.05) is 18.3 Å². The standard InChI is InChI=1S/C18H14FN3O4/c19-15-10-14(22(24)25)6-7-16(15)20-11-12-3-1-4-13(9-12)21-18(23)17-5-2-8-26-17/h1-10,20H,11H2,(H,21,23). The summed E-state index contributed by atoms with van der Waals surface area (Å²) in [4.78, 5) is 21.9. The lowest BCUT2D eigenvalue weighted by Gasteiger charge is -2.09. The molecule has 2 aromatic carbocycles. The van der Waals surface area contributed by atoms with Crippen molar-refractivity contribution in [3.8, 4) is 0 Å². The van der Waals surface area contributed by atoms with Crippen LogP contribution in [0, 0.1) is 15.9 Å². The summed E-state index contributed by atoms with van der Waals surface area (Å²) in [6, 6.07) is 13.6. The van der Waals surface area contributed by atoms with Gasteiger partial charge < -0.3 is 15.1 Å². The van der Waals surface area contributed by atoms with E-state index >= 15 is 0 Å². The summed E-state index contributed by atoms with van der Waals surface area (Å²) < 4.78 is 18.9. The maximum atomic E-state index is 13.9. The van der Waals surface area contributed by atoms with E-state index in [0.29, 0.717) is 5.69 Å². The molecule has 132 valence electrons. The molecule has 0 aliphatic heterocycles. The number of halogens is 1. The largest absolute Gasteiger partial charge is 0.459 e. The molecule has 3 rings (SSSR count). The first-order valence-corrected chi connectivity index (χ1v) is 7.64. The van der Waals surface area contributed by atoms with Crippen molar-refractivity contribution in [2.45, 2.75) is 6.54 Å². The van der Waals surface area contributed by atoms with Crippen molar-refractivity contribution < 1.29 is 18.5 Å². The molecule has 0 aliphatic rings. The Bertz CT molecular complexity index is 941. The van der Waals surface area contributed by atoms with Gasteiger partial charge in [-0.25, -0.2) is 4.39 Å². The fraction of sp³-hybridized carbons (Fsp3) is 0.0556. The zero-order chi connectivity index (χ0) is 18.5. The molecule has 0 saturated carbocycles.